The molecule has 60 valence electrons. The second-order valence-corrected chi connectivity index (χ2v) is 2.24. The minimum atomic E-state index is -1.25. The smallest absolute Gasteiger partial charge is 0.219 e. The number of aromatic nitrogens is 1. The predicted octanol–water partition coefficient (Wildman–Crippen LogP) is 2.12. The molecule has 1 heterocycles. The Morgan fingerprint density at radius 1 is 1.00 bits per heavy atom. The molecule has 4 heteroatoms. The maximum Gasteiger partial charge on any atom is 0.249 e. The Bertz CT molecular complexity index is 270. The van der Waals surface area contributed by atoms with Gasteiger partial charge < -0.3 is 0 Å². The molecule has 0 unspecified atom stereocenters. The fourth-order valence-corrected chi connectivity index (χ4v) is 0.768. The zero-order valence-corrected chi connectivity index (χ0v) is 6.08. The van der Waals surface area contributed by atoms with Gasteiger partial charge in [0.15, 0.2) is 5.82 Å². The first-order valence-corrected chi connectivity index (χ1v) is 3.01. The molecular formula is C7H6F3N. The average Bonchev–Trinajstić information content (AvgIpc) is 1.97. The highest BCUT2D eigenvalue weighted by molar-refractivity contribution is 5.19. The number of hydrogen-bond acceptors (Lipinski definition) is 1. The molecule has 0 bridgehead atoms. The van der Waals surface area contributed by atoms with Crippen molar-refractivity contribution in [3.05, 3.63) is 28.8 Å². The van der Waals surface area contributed by atoms with Gasteiger partial charge in [-0.1, -0.05) is 0 Å². The summed E-state index contributed by atoms with van der Waals surface area (Å²) in [5, 5.41) is 0. The maximum absolute atomic E-state index is 12.7. The van der Waals surface area contributed by atoms with Crippen LogP contribution in [0.1, 0.15) is 11.3 Å². The monoisotopic (exact) mass is 161 g/mol. The van der Waals surface area contributed by atoms with Crippen molar-refractivity contribution in [3.63, 3.8) is 0 Å². The van der Waals surface area contributed by atoms with Gasteiger partial charge in [0.25, 0.3) is 0 Å². The SMILES string of the molecule is Cc1nc(F)c(F)c(C)c1F. The zero-order valence-electron chi connectivity index (χ0n) is 6.08. The fourth-order valence-electron chi connectivity index (χ4n) is 0.768. The number of hydrogen-bond donors (Lipinski definition) is 0. The second-order valence-electron chi connectivity index (χ2n) is 2.24. The van der Waals surface area contributed by atoms with E-state index in [0.29, 0.717) is 0 Å². The fraction of sp³-hybridized carbons (Fsp3) is 0.286. The predicted molar refractivity (Wildman–Crippen MR) is 33.6 cm³/mol. The highest BCUT2D eigenvalue weighted by Crippen LogP contribution is 2.14. The molecule has 0 saturated carbocycles. The topological polar surface area (TPSA) is 12.9 Å². The summed E-state index contributed by atoms with van der Waals surface area (Å²) in [5.41, 5.74) is -0.448. The van der Waals surface area contributed by atoms with Crippen LogP contribution in [0.25, 0.3) is 0 Å². The summed E-state index contributed by atoms with van der Waals surface area (Å²) in [6.45, 7) is 2.45. The molecule has 0 spiro atoms. The van der Waals surface area contributed by atoms with E-state index in [1.165, 1.54) is 13.8 Å². The first kappa shape index (κ1) is 8.04. The number of rotatable bonds is 0. The third-order valence-corrected chi connectivity index (χ3v) is 1.42. The normalized spacial score (nSPS) is 10.3. The Hall–Kier alpha value is -1.06. The van der Waals surface area contributed by atoms with Crippen LogP contribution >= 0.6 is 0 Å². The van der Waals surface area contributed by atoms with Crippen LogP contribution in [-0.4, -0.2) is 4.98 Å². The lowest BCUT2D eigenvalue weighted by Crippen LogP contribution is -2.01. The van der Waals surface area contributed by atoms with Crippen LogP contribution in [0.4, 0.5) is 13.2 Å². The molecule has 0 atom stereocenters. The lowest BCUT2D eigenvalue weighted by Gasteiger charge is -2.01. The van der Waals surface area contributed by atoms with Gasteiger partial charge in [0.2, 0.25) is 5.95 Å². The van der Waals surface area contributed by atoms with Crippen LogP contribution in [0.2, 0.25) is 0 Å². The van der Waals surface area contributed by atoms with Crippen LogP contribution in [0, 0.1) is 31.4 Å². The molecule has 0 aromatic carbocycles. The van der Waals surface area contributed by atoms with Gasteiger partial charge in [-0.2, -0.15) is 4.39 Å². The Balaban J connectivity index is 3.46. The maximum atomic E-state index is 12.7. The van der Waals surface area contributed by atoms with E-state index in [9.17, 15) is 13.2 Å². The van der Waals surface area contributed by atoms with Crippen molar-refractivity contribution < 1.29 is 13.2 Å². The highest BCUT2D eigenvalue weighted by atomic mass is 19.2. The standard InChI is InChI=1S/C7H6F3N/c1-3-5(8)4(2)11-7(10)6(3)9/h1-2H3. The van der Waals surface area contributed by atoms with Gasteiger partial charge >= 0.3 is 0 Å². The molecule has 1 aromatic heterocycles. The lowest BCUT2D eigenvalue weighted by atomic mass is 10.2. The number of nitrogens with zero attached hydrogens (tertiary/aromatic N) is 1. The minimum Gasteiger partial charge on any atom is -0.219 e. The van der Waals surface area contributed by atoms with E-state index in [1.54, 1.807) is 0 Å². The van der Waals surface area contributed by atoms with E-state index in [2.05, 4.69) is 4.98 Å². The van der Waals surface area contributed by atoms with E-state index in [-0.39, 0.29) is 11.3 Å². The van der Waals surface area contributed by atoms with Crippen molar-refractivity contribution in [2.45, 2.75) is 13.8 Å². The van der Waals surface area contributed by atoms with E-state index >= 15 is 0 Å². The molecule has 0 fully saturated rings. The molecule has 1 rings (SSSR count). The Morgan fingerprint density at radius 2 is 1.55 bits per heavy atom. The number of pyridine rings is 1. The van der Waals surface area contributed by atoms with Gasteiger partial charge in [-0.05, 0) is 13.8 Å². The van der Waals surface area contributed by atoms with Crippen LogP contribution in [-0.2, 0) is 0 Å². The molecule has 0 aliphatic heterocycles. The Kier molecular flexibility index (Phi) is 1.85. The molecule has 1 aromatic rings. The minimum absolute atomic E-state index is 0.124. The molecule has 11 heavy (non-hydrogen) atoms. The molecule has 0 saturated heterocycles. The second kappa shape index (κ2) is 2.53. The number of aryl methyl sites for hydroxylation is 1. The number of halogens is 3. The quantitative estimate of drug-likeness (QED) is 0.531. The summed E-state index contributed by atoms with van der Waals surface area (Å²) in [7, 11) is 0. The van der Waals surface area contributed by atoms with E-state index in [1.807, 2.05) is 0 Å². The van der Waals surface area contributed by atoms with Gasteiger partial charge in [0.1, 0.15) is 5.82 Å². The van der Waals surface area contributed by atoms with Gasteiger partial charge in [-0.25, -0.2) is 13.8 Å². The van der Waals surface area contributed by atoms with Crippen molar-refractivity contribution in [1.29, 1.82) is 0 Å². The third kappa shape index (κ3) is 1.20. The zero-order chi connectivity index (χ0) is 8.59. The summed E-state index contributed by atoms with van der Waals surface area (Å²) in [5.74, 6) is -3.25. The molecule has 0 amide bonds. The van der Waals surface area contributed by atoms with Gasteiger partial charge in [0, 0.05) is 5.56 Å². The molecule has 0 N–H and O–H groups in total. The van der Waals surface area contributed by atoms with Gasteiger partial charge in [-0.3, -0.25) is 0 Å². The van der Waals surface area contributed by atoms with Crippen LogP contribution in [0.3, 0.4) is 0 Å². The summed E-state index contributed by atoms with van der Waals surface area (Å²) >= 11 is 0. The van der Waals surface area contributed by atoms with Gasteiger partial charge in [-0.15, -0.1) is 0 Å². The average molecular weight is 161 g/mol. The van der Waals surface area contributed by atoms with Crippen molar-refractivity contribution >= 4 is 0 Å². The van der Waals surface area contributed by atoms with Crippen molar-refractivity contribution in [2.24, 2.45) is 0 Å². The van der Waals surface area contributed by atoms with Crippen molar-refractivity contribution in [2.75, 3.05) is 0 Å². The van der Waals surface area contributed by atoms with Crippen molar-refractivity contribution in [3.8, 4) is 0 Å². The molecule has 1 nitrogen and oxygen atoms in total. The first-order valence-electron chi connectivity index (χ1n) is 3.01. The Labute approximate surface area is 61.9 Å². The summed E-state index contributed by atoms with van der Waals surface area (Å²) in [4.78, 5) is 3.02. The summed E-state index contributed by atoms with van der Waals surface area (Å²) in [6, 6.07) is 0. The first-order chi connectivity index (χ1) is 5.04. The molecule has 0 radical (unpaired) electrons. The highest BCUT2D eigenvalue weighted by Gasteiger charge is 2.13. The third-order valence-electron chi connectivity index (χ3n) is 1.42. The Morgan fingerprint density at radius 3 is 2.09 bits per heavy atom. The largest absolute Gasteiger partial charge is 0.249 e. The van der Waals surface area contributed by atoms with E-state index in [4.69, 9.17) is 0 Å². The van der Waals surface area contributed by atoms with Crippen LogP contribution in [0.5, 0.6) is 0 Å². The molecular weight excluding hydrogens is 155 g/mol. The molecule has 0 aliphatic rings. The molecule has 0 aliphatic carbocycles. The van der Waals surface area contributed by atoms with Crippen molar-refractivity contribution in [1.82, 2.24) is 4.98 Å². The lowest BCUT2D eigenvalue weighted by molar-refractivity contribution is 0.451. The van der Waals surface area contributed by atoms with Crippen LogP contribution < -0.4 is 0 Å². The van der Waals surface area contributed by atoms with E-state index in [0.717, 1.165) is 0 Å². The van der Waals surface area contributed by atoms with Crippen LogP contribution in [0.15, 0.2) is 0 Å². The van der Waals surface area contributed by atoms with Gasteiger partial charge in [0.05, 0.1) is 5.69 Å². The summed E-state index contributed by atoms with van der Waals surface area (Å²) in [6.07, 6.45) is 0. The summed E-state index contributed by atoms with van der Waals surface area (Å²) < 4.78 is 37.6. The van der Waals surface area contributed by atoms with E-state index < -0.39 is 17.6 Å².